The van der Waals surface area contributed by atoms with Gasteiger partial charge in [-0.2, -0.15) is 0 Å². The highest BCUT2D eigenvalue weighted by Crippen LogP contribution is 2.19. The molecule has 0 saturated carbocycles. The molecule has 0 spiro atoms. The zero-order chi connectivity index (χ0) is 21.5. The van der Waals surface area contributed by atoms with Gasteiger partial charge in [0.1, 0.15) is 0 Å². The van der Waals surface area contributed by atoms with Gasteiger partial charge in [-0.05, 0) is 43.3 Å². The highest BCUT2D eigenvalue weighted by Gasteiger charge is 2.23. The second-order valence-electron chi connectivity index (χ2n) is 7.85. The van der Waals surface area contributed by atoms with Crippen molar-refractivity contribution in [1.82, 2.24) is 14.7 Å². The summed E-state index contributed by atoms with van der Waals surface area (Å²) in [5.41, 5.74) is 3.07. The van der Waals surface area contributed by atoms with Crippen LogP contribution in [0.2, 0.25) is 0 Å². The van der Waals surface area contributed by atoms with Crippen LogP contribution in [0.25, 0.3) is 0 Å². The van der Waals surface area contributed by atoms with Crippen molar-refractivity contribution < 1.29 is 9.59 Å². The van der Waals surface area contributed by atoms with Crippen molar-refractivity contribution in [3.05, 3.63) is 51.7 Å². The number of rotatable bonds is 8. The largest absolute Gasteiger partial charge is 0.337 e. The number of thiophene rings is 1. The predicted molar refractivity (Wildman–Crippen MR) is 123 cm³/mol. The SMILES string of the molecule is CCN(Cc1cccs1)C(=O)CN1CCN(CC(=O)Nc2c(C)cccc2C)CC1. The van der Waals surface area contributed by atoms with Crippen LogP contribution in [-0.2, 0) is 16.1 Å². The zero-order valence-electron chi connectivity index (χ0n) is 18.2. The molecule has 1 aromatic carbocycles. The third-order valence-corrected chi connectivity index (χ3v) is 6.46. The van der Waals surface area contributed by atoms with Gasteiger partial charge in [0.2, 0.25) is 11.8 Å². The molecule has 2 amide bonds. The summed E-state index contributed by atoms with van der Waals surface area (Å²) in [7, 11) is 0. The number of aryl methyl sites for hydroxylation is 2. The maximum Gasteiger partial charge on any atom is 0.238 e. The van der Waals surface area contributed by atoms with E-state index in [4.69, 9.17) is 0 Å². The second kappa shape index (κ2) is 10.7. The Bertz CT molecular complexity index is 825. The van der Waals surface area contributed by atoms with Crippen LogP contribution in [0.5, 0.6) is 0 Å². The molecule has 0 atom stereocenters. The first-order valence-electron chi connectivity index (χ1n) is 10.6. The number of amides is 2. The molecular formula is C23H32N4O2S. The molecule has 1 aromatic heterocycles. The Kier molecular flexibility index (Phi) is 8.01. The van der Waals surface area contributed by atoms with Crippen molar-refractivity contribution in [2.24, 2.45) is 0 Å². The number of anilines is 1. The molecule has 0 aliphatic carbocycles. The minimum atomic E-state index is 0.0185. The van der Waals surface area contributed by atoms with E-state index in [1.807, 2.05) is 55.3 Å². The van der Waals surface area contributed by atoms with Gasteiger partial charge in [-0.3, -0.25) is 19.4 Å². The molecule has 1 aliphatic rings. The minimum absolute atomic E-state index is 0.0185. The molecule has 2 heterocycles. The molecule has 162 valence electrons. The molecule has 0 unspecified atom stereocenters. The van der Waals surface area contributed by atoms with Crippen LogP contribution in [0.1, 0.15) is 22.9 Å². The topological polar surface area (TPSA) is 55.9 Å². The molecule has 0 bridgehead atoms. The smallest absolute Gasteiger partial charge is 0.238 e. The van der Waals surface area contributed by atoms with Crippen LogP contribution < -0.4 is 5.32 Å². The summed E-state index contributed by atoms with van der Waals surface area (Å²) >= 11 is 1.69. The summed E-state index contributed by atoms with van der Waals surface area (Å²) in [6, 6.07) is 10.1. The highest BCUT2D eigenvalue weighted by atomic mass is 32.1. The van der Waals surface area contributed by atoms with Crippen LogP contribution >= 0.6 is 11.3 Å². The average molecular weight is 429 g/mol. The quantitative estimate of drug-likeness (QED) is 0.702. The van der Waals surface area contributed by atoms with Gasteiger partial charge in [0.05, 0.1) is 19.6 Å². The molecule has 1 aliphatic heterocycles. The molecule has 1 N–H and O–H groups in total. The molecular weight excluding hydrogens is 396 g/mol. The van der Waals surface area contributed by atoms with Gasteiger partial charge in [-0.25, -0.2) is 0 Å². The predicted octanol–water partition coefficient (Wildman–Crippen LogP) is 2.97. The lowest BCUT2D eigenvalue weighted by atomic mass is 10.1. The van der Waals surface area contributed by atoms with E-state index in [-0.39, 0.29) is 11.8 Å². The Morgan fingerprint density at radius 2 is 1.63 bits per heavy atom. The maximum atomic E-state index is 12.7. The molecule has 2 aromatic rings. The summed E-state index contributed by atoms with van der Waals surface area (Å²) in [5, 5.41) is 5.10. The summed E-state index contributed by atoms with van der Waals surface area (Å²) in [5.74, 6) is 0.192. The van der Waals surface area contributed by atoms with Crippen molar-refractivity contribution in [3.63, 3.8) is 0 Å². The van der Waals surface area contributed by atoms with Gasteiger partial charge < -0.3 is 10.2 Å². The van der Waals surface area contributed by atoms with Crippen LogP contribution in [0, 0.1) is 13.8 Å². The van der Waals surface area contributed by atoms with Gasteiger partial charge in [-0.1, -0.05) is 24.3 Å². The molecule has 1 fully saturated rings. The van der Waals surface area contributed by atoms with Crippen LogP contribution in [0.3, 0.4) is 0 Å². The fraction of sp³-hybridized carbons (Fsp3) is 0.478. The fourth-order valence-corrected chi connectivity index (χ4v) is 4.48. The maximum absolute atomic E-state index is 12.7. The summed E-state index contributed by atoms with van der Waals surface area (Å²) in [6.07, 6.45) is 0. The Morgan fingerprint density at radius 1 is 1.00 bits per heavy atom. The first-order chi connectivity index (χ1) is 14.5. The Morgan fingerprint density at radius 3 is 2.20 bits per heavy atom. The highest BCUT2D eigenvalue weighted by molar-refractivity contribution is 7.09. The van der Waals surface area contributed by atoms with Crippen LogP contribution in [-0.4, -0.2) is 72.3 Å². The van der Waals surface area contributed by atoms with E-state index in [0.29, 0.717) is 19.6 Å². The van der Waals surface area contributed by atoms with E-state index in [1.54, 1.807) is 11.3 Å². The molecule has 6 nitrogen and oxygen atoms in total. The number of hydrogen-bond donors (Lipinski definition) is 1. The standard InChI is InChI=1S/C23H32N4O2S/c1-4-27(15-20-9-6-14-30-20)22(29)17-26-12-10-25(11-13-26)16-21(28)24-23-18(2)7-5-8-19(23)3/h5-9,14H,4,10-13,15-17H2,1-3H3,(H,24,28). The number of benzene rings is 1. The zero-order valence-corrected chi connectivity index (χ0v) is 19.0. The number of carbonyl (C=O) groups is 2. The summed E-state index contributed by atoms with van der Waals surface area (Å²) < 4.78 is 0. The summed E-state index contributed by atoms with van der Waals surface area (Å²) in [4.78, 5) is 32.7. The van der Waals surface area contributed by atoms with Gasteiger partial charge in [0.25, 0.3) is 0 Å². The average Bonchev–Trinajstić information content (AvgIpc) is 3.24. The number of hydrogen-bond acceptors (Lipinski definition) is 5. The number of nitrogens with one attached hydrogen (secondary N) is 1. The first-order valence-corrected chi connectivity index (χ1v) is 11.4. The molecule has 0 radical (unpaired) electrons. The number of nitrogens with zero attached hydrogens (tertiary/aromatic N) is 3. The molecule has 3 rings (SSSR count). The van der Waals surface area contributed by atoms with Gasteiger partial charge in [-0.15, -0.1) is 11.3 Å². The summed E-state index contributed by atoms with van der Waals surface area (Å²) in [6.45, 7) is 11.5. The van der Waals surface area contributed by atoms with E-state index < -0.39 is 0 Å². The Hall–Kier alpha value is -2.22. The lowest BCUT2D eigenvalue weighted by Gasteiger charge is -2.35. The monoisotopic (exact) mass is 428 g/mol. The first kappa shape index (κ1) is 22.5. The lowest BCUT2D eigenvalue weighted by Crippen LogP contribution is -2.51. The van der Waals surface area contributed by atoms with E-state index >= 15 is 0 Å². The molecule has 30 heavy (non-hydrogen) atoms. The van der Waals surface area contributed by atoms with Gasteiger partial charge in [0, 0.05) is 43.3 Å². The van der Waals surface area contributed by atoms with E-state index in [2.05, 4.69) is 21.2 Å². The normalized spacial score (nSPS) is 15.2. The Balaban J connectivity index is 1.43. The molecule has 1 saturated heterocycles. The Labute approximate surface area is 183 Å². The van der Waals surface area contributed by atoms with Crippen molar-refractivity contribution in [2.75, 3.05) is 51.1 Å². The van der Waals surface area contributed by atoms with Crippen molar-refractivity contribution in [3.8, 4) is 0 Å². The number of para-hydroxylation sites is 1. The van der Waals surface area contributed by atoms with Gasteiger partial charge >= 0.3 is 0 Å². The van der Waals surface area contributed by atoms with E-state index in [0.717, 1.165) is 49.5 Å². The number of carbonyl (C=O) groups excluding carboxylic acids is 2. The van der Waals surface area contributed by atoms with Crippen molar-refractivity contribution in [2.45, 2.75) is 27.3 Å². The van der Waals surface area contributed by atoms with Crippen molar-refractivity contribution >= 4 is 28.8 Å². The van der Waals surface area contributed by atoms with Crippen molar-refractivity contribution in [1.29, 1.82) is 0 Å². The fourth-order valence-electron chi connectivity index (χ4n) is 3.76. The number of likely N-dealkylation sites (N-methyl/N-ethyl adjacent to an activating group) is 1. The third kappa shape index (κ3) is 6.14. The third-order valence-electron chi connectivity index (χ3n) is 5.60. The molecule has 7 heteroatoms. The number of piperazine rings is 1. The van der Waals surface area contributed by atoms with Crippen LogP contribution in [0.4, 0.5) is 5.69 Å². The lowest BCUT2D eigenvalue weighted by molar-refractivity contribution is -0.133. The van der Waals surface area contributed by atoms with E-state index in [1.165, 1.54) is 4.88 Å². The van der Waals surface area contributed by atoms with E-state index in [9.17, 15) is 9.59 Å². The second-order valence-corrected chi connectivity index (χ2v) is 8.89. The van der Waals surface area contributed by atoms with Gasteiger partial charge in [0.15, 0.2) is 0 Å². The minimum Gasteiger partial charge on any atom is -0.337 e. The van der Waals surface area contributed by atoms with Crippen LogP contribution in [0.15, 0.2) is 35.7 Å².